The molecule has 0 N–H and O–H groups in total. The molecule has 0 unspecified atom stereocenters. The lowest BCUT2D eigenvalue weighted by molar-refractivity contribution is -0.139. The summed E-state index contributed by atoms with van der Waals surface area (Å²) in [6.45, 7) is 1.73. The molecule has 0 saturated heterocycles. The SMILES string of the molecule is CCOc1c(F)cc(F)cc1N1C=CC=CC(C(=O)OC)=C1C(=O)OC. The number of ether oxygens (including phenoxy) is 3. The Morgan fingerprint density at radius 2 is 1.77 bits per heavy atom. The molecule has 0 aliphatic carbocycles. The van der Waals surface area contributed by atoms with E-state index < -0.39 is 23.6 Å². The molecule has 1 aromatic carbocycles. The number of nitrogens with zero attached hydrogens (tertiary/aromatic N) is 1. The Hall–Kier alpha value is -3.16. The molecule has 0 radical (unpaired) electrons. The normalized spacial score (nSPS) is 13.5. The van der Waals surface area contributed by atoms with E-state index in [-0.39, 0.29) is 29.3 Å². The van der Waals surface area contributed by atoms with Gasteiger partial charge in [-0.1, -0.05) is 6.08 Å². The highest BCUT2D eigenvalue weighted by molar-refractivity contribution is 6.05. The van der Waals surface area contributed by atoms with Crippen molar-refractivity contribution in [1.82, 2.24) is 0 Å². The summed E-state index contributed by atoms with van der Waals surface area (Å²) >= 11 is 0. The van der Waals surface area contributed by atoms with E-state index in [0.717, 1.165) is 25.2 Å². The Bertz CT molecular complexity index is 814. The summed E-state index contributed by atoms with van der Waals surface area (Å²) in [4.78, 5) is 25.6. The molecule has 0 aromatic heterocycles. The standard InChI is InChI=1S/C18H17F2NO5/c1-4-26-16-13(20)9-11(19)10-14(16)21-8-6-5-7-12(17(22)24-2)15(21)18(23)25-3/h5-10H,4H2,1-3H3. The highest BCUT2D eigenvalue weighted by Crippen LogP contribution is 2.36. The van der Waals surface area contributed by atoms with E-state index in [1.54, 1.807) is 6.92 Å². The fraction of sp³-hybridized carbons (Fsp3) is 0.222. The summed E-state index contributed by atoms with van der Waals surface area (Å²) in [5.74, 6) is -3.81. The van der Waals surface area contributed by atoms with Crippen LogP contribution in [0.4, 0.5) is 14.5 Å². The van der Waals surface area contributed by atoms with Gasteiger partial charge in [-0.25, -0.2) is 18.4 Å². The van der Waals surface area contributed by atoms with Crippen molar-refractivity contribution in [3.63, 3.8) is 0 Å². The van der Waals surface area contributed by atoms with Crippen molar-refractivity contribution in [1.29, 1.82) is 0 Å². The van der Waals surface area contributed by atoms with Crippen LogP contribution in [0.25, 0.3) is 0 Å². The quantitative estimate of drug-likeness (QED) is 0.748. The molecule has 1 aliphatic heterocycles. The van der Waals surface area contributed by atoms with Crippen molar-refractivity contribution in [2.24, 2.45) is 0 Å². The van der Waals surface area contributed by atoms with E-state index in [9.17, 15) is 18.4 Å². The van der Waals surface area contributed by atoms with Gasteiger partial charge >= 0.3 is 11.9 Å². The van der Waals surface area contributed by atoms with E-state index in [4.69, 9.17) is 9.47 Å². The fourth-order valence-corrected chi connectivity index (χ4v) is 2.36. The molecule has 0 spiro atoms. The molecule has 1 aliphatic rings. The molecule has 8 heteroatoms. The topological polar surface area (TPSA) is 65.1 Å². The van der Waals surface area contributed by atoms with Crippen molar-refractivity contribution >= 4 is 17.6 Å². The van der Waals surface area contributed by atoms with Crippen molar-refractivity contribution in [3.8, 4) is 5.75 Å². The van der Waals surface area contributed by atoms with Crippen molar-refractivity contribution in [3.05, 3.63) is 59.5 Å². The fourth-order valence-electron chi connectivity index (χ4n) is 2.36. The Morgan fingerprint density at radius 1 is 1.08 bits per heavy atom. The van der Waals surface area contributed by atoms with Crippen LogP contribution in [0, 0.1) is 11.6 Å². The molecule has 0 amide bonds. The number of carbonyl (C=O) groups is 2. The largest absolute Gasteiger partial charge is 0.489 e. The van der Waals surface area contributed by atoms with Gasteiger partial charge in [-0.05, 0) is 19.1 Å². The van der Waals surface area contributed by atoms with Gasteiger partial charge < -0.3 is 19.1 Å². The van der Waals surface area contributed by atoms with Crippen molar-refractivity contribution in [2.75, 3.05) is 25.7 Å². The van der Waals surface area contributed by atoms with Crippen LogP contribution in [0.15, 0.2) is 47.8 Å². The van der Waals surface area contributed by atoms with Gasteiger partial charge in [-0.3, -0.25) is 0 Å². The van der Waals surface area contributed by atoms with Crippen LogP contribution in [0.5, 0.6) is 5.75 Å². The van der Waals surface area contributed by atoms with Crippen LogP contribution in [-0.4, -0.2) is 32.8 Å². The summed E-state index contributed by atoms with van der Waals surface area (Å²) in [6.07, 6.45) is 5.66. The van der Waals surface area contributed by atoms with Crippen LogP contribution in [-0.2, 0) is 19.1 Å². The average molecular weight is 365 g/mol. The molecular formula is C18H17F2NO5. The van der Waals surface area contributed by atoms with Gasteiger partial charge in [-0.15, -0.1) is 0 Å². The number of benzene rings is 1. The van der Waals surface area contributed by atoms with Crippen LogP contribution in [0.2, 0.25) is 0 Å². The maximum Gasteiger partial charge on any atom is 0.355 e. The summed E-state index contributed by atoms with van der Waals surface area (Å²) in [5, 5.41) is 0. The molecule has 0 atom stereocenters. The number of methoxy groups -OCH3 is 2. The third-order valence-corrected chi connectivity index (χ3v) is 3.43. The highest BCUT2D eigenvalue weighted by Gasteiger charge is 2.30. The van der Waals surface area contributed by atoms with Crippen molar-refractivity contribution in [2.45, 2.75) is 6.92 Å². The first kappa shape index (κ1) is 19.2. The lowest BCUT2D eigenvalue weighted by atomic mass is 10.1. The summed E-state index contributed by atoms with van der Waals surface area (Å²) < 4.78 is 42.8. The van der Waals surface area contributed by atoms with Gasteiger partial charge in [0.2, 0.25) is 0 Å². The lowest BCUT2D eigenvalue weighted by Gasteiger charge is -2.25. The number of rotatable bonds is 5. The third-order valence-electron chi connectivity index (χ3n) is 3.43. The molecule has 0 bridgehead atoms. The molecule has 1 aromatic rings. The van der Waals surface area contributed by atoms with Crippen molar-refractivity contribution < 1.29 is 32.6 Å². The summed E-state index contributed by atoms with van der Waals surface area (Å²) in [6, 6.07) is 1.65. The number of hydrogen-bond acceptors (Lipinski definition) is 6. The van der Waals surface area contributed by atoms with Crippen LogP contribution < -0.4 is 9.64 Å². The van der Waals surface area contributed by atoms with Gasteiger partial charge in [0.1, 0.15) is 11.5 Å². The number of carbonyl (C=O) groups excluding carboxylic acids is 2. The second-order valence-corrected chi connectivity index (χ2v) is 4.98. The van der Waals surface area contributed by atoms with Crippen LogP contribution in [0.1, 0.15) is 6.92 Å². The third kappa shape index (κ3) is 3.74. The highest BCUT2D eigenvalue weighted by atomic mass is 19.1. The zero-order chi connectivity index (χ0) is 19.3. The zero-order valence-corrected chi connectivity index (χ0v) is 14.4. The maximum absolute atomic E-state index is 14.2. The molecule has 0 saturated carbocycles. The molecule has 0 fully saturated rings. The molecule has 2 rings (SSSR count). The minimum atomic E-state index is -0.948. The minimum absolute atomic E-state index is 0.104. The van der Waals surface area contributed by atoms with Gasteiger partial charge in [0.15, 0.2) is 11.6 Å². The molecule has 1 heterocycles. The zero-order valence-electron chi connectivity index (χ0n) is 14.4. The number of anilines is 1. The predicted octanol–water partition coefficient (Wildman–Crippen LogP) is 2.85. The first-order valence-corrected chi connectivity index (χ1v) is 7.61. The monoisotopic (exact) mass is 365 g/mol. The predicted molar refractivity (Wildman–Crippen MR) is 89.3 cm³/mol. The molecular weight excluding hydrogens is 348 g/mol. The second kappa shape index (κ2) is 8.28. The van der Waals surface area contributed by atoms with Gasteiger partial charge in [-0.2, -0.15) is 0 Å². The second-order valence-electron chi connectivity index (χ2n) is 4.98. The molecule has 6 nitrogen and oxygen atoms in total. The van der Waals surface area contributed by atoms with E-state index in [2.05, 4.69) is 4.74 Å². The average Bonchev–Trinajstić information content (AvgIpc) is 2.85. The smallest absolute Gasteiger partial charge is 0.355 e. The van der Waals surface area contributed by atoms with E-state index in [0.29, 0.717) is 6.07 Å². The van der Waals surface area contributed by atoms with Gasteiger partial charge in [0.05, 0.1) is 32.1 Å². The summed E-state index contributed by atoms with van der Waals surface area (Å²) in [7, 11) is 2.27. The number of allylic oxidation sites excluding steroid dienone is 2. The number of halogens is 2. The van der Waals surface area contributed by atoms with E-state index in [1.807, 2.05) is 0 Å². The van der Waals surface area contributed by atoms with Crippen LogP contribution >= 0.6 is 0 Å². The minimum Gasteiger partial charge on any atom is -0.489 e. The maximum atomic E-state index is 14.2. The Labute approximate surface area is 148 Å². The lowest BCUT2D eigenvalue weighted by Crippen LogP contribution is -2.27. The van der Waals surface area contributed by atoms with Gasteiger partial charge in [0.25, 0.3) is 0 Å². The van der Waals surface area contributed by atoms with E-state index in [1.165, 1.54) is 24.4 Å². The summed E-state index contributed by atoms with van der Waals surface area (Å²) in [5.41, 5.74) is -0.516. The Morgan fingerprint density at radius 3 is 2.38 bits per heavy atom. The van der Waals surface area contributed by atoms with Gasteiger partial charge in [0, 0.05) is 18.3 Å². The first-order valence-electron chi connectivity index (χ1n) is 7.61. The van der Waals surface area contributed by atoms with E-state index >= 15 is 0 Å². The Balaban J connectivity index is 2.77. The molecule has 26 heavy (non-hydrogen) atoms. The first-order chi connectivity index (χ1) is 12.4. The number of hydrogen-bond donors (Lipinski definition) is 0. The Kier molecular flexibility index (Phi) is 6.11. The van der Waals surface area contributed by atoms with Crippen LogP contribution in [0.3, 0.4) is 0 Å². The number of esters is 2. The molecule has 138 valence electrons.